The molecule has 0 amide bonds. The summed E-state index contributed by atoms with van der Waals surface area (Å²) < 4.78 is 70.9. The minimum Gasteiger partial charge on any atom is -0.793 e. The van der Waals surface area contributed by atoms with Gasteiger partial charge < -0.3 is 68.2 Å². The molecule has 0 unspecified atom stereocenters. The average molecular weight is 2000 g/mol. The van der Waals surface area contributed by atoms with Crippen LogP contribution in [-0.2, 0) is 215 Å². The molecule has 5 aromatic rings. The quantitative estimate of drug-likeness (QED) is 0.0455. The maximum Gasteiger partial charge on any atom is 1.00 e. The molecule has 7 N–H and O–H groups in total. The van der Waals surface area contributed by atoms with Gasteiger partial charge in [-0.05, 0) is 22.3 Å². The summed E-state index contributed by atoms with van der Waals surface area (Å²) in [7, 11) is -1.68. The summed E-state index contributed by atoms with van der Waals surface area (Å²) >= 11 is 4.10. The number of nitrogens with two attached hydrogens (primary N) is 1. The van der Waals surface area contributed by atoms with E-state index in [9.17, 15) is 44.4 Å². The number of aliphatic hydroxyl groups excluding tert-OH is 1. The molecule has 0 bridgehead atoms. The van der Waals surface area contributed by atoms with Gasteiger partial charge in [-0.25, -0.2) is 44.6 Å². The van der Waals surface area contributed by atoms with Crippen LogP contribution in [0.4, 0.5) is 0 Å². The van der Waals surface area contributed by atoms with E-state index >= 15 is 0 Å². The second kappa shape index (κ2) is 109. The molecule has 5 saturated heterocycles. The molecule has 22 nitrogen and oxygen atoms in total. The molecule has 0 saturated carbocycles. The second-order valence-corrected chi connectivity index (χ2v) is 31.1. The van der Waals surface area contributed by atoms with E-state index in [2.05, 4.69) is 154 Å². The van der Waals surface area contributed by atoms with Crippen molar-refractivity contribution in [3.05, 3.63) is 219 Å². The van der Waals surface area contributed by atoms with Gasteiger partial charge in [0.25, 0.3) is 0 Å². The van der Waals surface area contributed by atoms with E-state index in [1.165, 1.54) is 85.4 Å². The number of sulfone groups is 3. The molecule has 5 aliphatic heterocycles. The third-order valence-electron chi connectivity index (χ3n) is 12.6. The van der Waals surface area contributed by atoms with Crippen LogP contribution in [0.2, 0.25) is 0 Å². The van der Waals surface area contributed by atoms with Gasteiger partial charge >= 0.3 is 41.5 Å². The normalized spacial score (nSPS) is 14.2. The molecule has 0 aromatic heterocycles. The Morgan fingerprint density at radius 3 is 0.763 bits per heavy atom. The Morgan fingerprint density at radius 2 is 0.614 bits per heavy atom. The average Bonchev–Trinajstić information content (AvgIpc) is 0.875. The van der Waals surface area contributed by atoms with Gasteiger partial charge in [0.15, 0.2) is 29.5 Å². The number of hydrogen-bond donors (Lipinski definition) is 2. The van der Waals surface area contributed by atoms with Crippen LogP contribution < -0.4 is 34.9 Å². The summed E-state index contributed by atoms with van der Waals surface area (Å²) in [6.45, 7) is 50.1. The Hall–Kier alpha value is -0.149. The number of rotatable bonds is 9. The largest absolute Gasteiger partial charge is 1.00 e. The summed E-state index contributed by atoms with van der Waals surface area (Å²) in [6, 6.07) is 50.3. The van der Waals surface area contributed by atoms with Crippen molar-refractivity contribution in [1.82, 2.24) is 24.9 Å². The number of hydrogen-bond acceptors (Lipinski definition) is 21. The standard InChI is InChI=1S/3C11H15NO2S.C11H15NS.C7H6O.C4H9NS.C4H6O4.4C3H7.C2H3BO2.3C2H6.CH4N.CH4O.H2N.Na.H2O.4Y/c3*13-15(14)8-6-12(7-9-15)10-11-4-2-1-3-5-11;1-2-4-11(5-3-1)10-12-6-8-13-9-7-12;8-6-7-4-2-1-3-5-7;1-3-6-4-2-5-1;1-3(5)7-8-4(2)6;4*1-3-2;1-2(4)5-3;5*1-2;;;;;;;/h3*1-5H,6-10H2;1-5H,6-10H2;1-6H;5H,1-4H2;1-2H3;4*1,3H2,2H3;1H3;3*1-2H3;2*2H,1H3;1H2;;1H2;;;;/q;;;;;;;5*-1;;;;-1;;-1;+1;;;;;. The number of benzene rings is 5. The molecular formula is C81H142BN7NaO15S5Y4-6. The molecule has 5 fully saturated rings. The summed E-state index contributed by atoms with van der Waals surface area (Å²) in [4.78, 5) is 55.9. The zero-order chi connectivity index (χ0) is 82.9. The number of nitrogens with one attached hydrogen (secondary N) is 2. The molecular weight excluding hydrogens is 1860 g/mol. The Kier molecular flexibility index (Phi) is 139. The van der Waals surface area contributed by atoms with Crippen LogP contribution in [-0.4, -0.2) is 225 Å². The Labute approximate surface area is 827 Å². The van der Waals surface area contributed by atoms with Crippen molar-refractivity contribution in [3.8, 4) is 0 Å². The fraction of sp³-hybridized carbons (Fsp3) is 0.531. The fourth-order valence-corrected chi connectivity index (χ4v) is 13.6. The van der Waals surface area contributed by atoms with Gasteiger partial charge in [-0.2, -0.15) is 56.3 Å². The zero-order valence-corrected chi connectivity index (χ0v) is 89.6. The van der Waals surface area contributed by atoms with E-state index in [0.29, 0.717) is 73.8 Å². The van der Waals surface area contributed by atoms with Gasteiger partial charge in [-0.1, -0.05) is 221 Å². The Morgan fingerprint density at radius 1 is 0.430 bits per heavy atom. The monoisotopic (exact) mass is 2000 g/mol. The van der Waals surface area contributed by atoms with Gasteiger partial charge in [0.05, 0.1) is 34.5 Å². The van der Waals surface area contributed by atoms with Crippen molar-refractivity contribution in [3.63, 3.8) is 0 Å². The van der Waals surface area contributed by atoms with Crippen molar-refractivity contribution >= 4 is 85.3 Å². The summed E-state index contributed by atoms with van der Waals surface area (Å²) in [5.74, 6) is 5.30. The predicted octanol–water partition coefficient (Wildman–Crippen LogP) is 11.6. The first-order valence-corrected chi connectivity index (χ1v) is 44.6. The van der Waals surface area contributed by atoms with Crippen molar-refractivity contribution in [2.75, 3.05) is 137 Å². The van der Waals surface area contributed by atoms with E-state index in [0.717, 1.165) is 84.7 Å². The van der Waals surface area contributed by atoms with Crippen LogP contribution in [0.15, 0.2) is 152 Å². The molecule has 10 rings (SSSR count). The molecule has 5 aliphatic rings. The van der Waals surface area contributed by atoms with Crippen molar-refractivity contribution < 1.29 is 230 Å². The molecule has 114 heavy (non-hydrogen) atoms. The van der Waals surface area contributed by atoms with Gasteiger partial charge in [-0.15, -0.1) is 0 Å². The molecule has 7 radical (unpaired) electrons. The fourth-order valence-electron chi connectivity index (χ4n) is 8.02. The van der Waals surface area contributed by atoms with Crippen LogP contribution in [0.5, 0.6) is 0 Å². The van der Waals surface area contributed by atoms with Crippen molar-refractivity contribution in [2.24, 2.45) is 0 Å². The third-order valence-corrected chi connectivity index (χ3v) is 19.4. The molecule has 5 aromatic carbocycles. The summed E-state index contributed by atoms with van der Waals surface area (Å²) in [5.41, 5.74) is 11.7. The number of aliphatic hydroxyl groups is 1. The van der Waals surface area contributed by atoms with Crippen LogP contribution in [0.1, 0.15) is 148 Å². The van der Waals surface area contributed by atoms with Gasteiger partial charge in [0, 0.05) is 279 Å². The zero-order valence-electron chi connectivity index (χ0n) is 72.2. The third kappa shape index (κ3) is 104. The topological polar surface area (TPSA) is 332 Å². The molecule has 5 heterocycles. The van der Waals surface area contributed by atoms with Gasteiger partial charge in [-0.3, -0.25) is 29.2 Å². The number of nitrogens with zero attached hydrogens (tertiary/aromatic N) is 4. The van der Waals surface area contributed by atoms with E-state index in [4.69, 9.17) is 10.8 Å². The van der Waals surface area contributed by atoms with E-state index in [1.807, 2.05) is 154 Å². The molecule has 643 valence electrons. The minimum atomic E-state index is -2.75. The van der Waals surface area contributed by atoms with E-state index < -0.39 is 47.4 Å². The number of carbonyl (C=O) groups excluding carboxylic acids is 4. The number of thioether (sulfide) groups is 2. The Balaban J connectivity index is -0.0000000812. The van der Waals surface area contributed by atoms with Crippen LogP contribution in [0.25, 0.3) is 11.9 Å². The summed E-state index contributed by atoms with van der Waals surface area (Å²) in [5, 5.41) is 10.3. The minimum absolute atomic E-state index is 0. The number of carbonyl (C=O) groups is 4. The SMILES string of the molecule is C1CSCCN1.CC.CC.CC.CC(=O)OOC(C)=O.CO.C[NH-].O.O=Cc1ccccc1.O=S1(=O)CCN(Cc2ccccc2)CC1.O=S1(=O)CCN(Cc2ccccc2)CC1.O=S1(=O)CCN(Cc2ccccc2)CC1.[B-]OC(C)=O.[CH2-]CC.[CH2-]CC.[CH2-]CC.[CH2-]CC.[NH2-].[Na+].[Y].[Y].[Y].[Y].c1ccc(CN2CCSCC2)cc1. The van der Waals surface area contributed by atoms with E-state index in [-0.39, 0.29) is 172 Å². The molecule has 33 heteroatoms. The van der Waals surface area contributed by atoms with Crippen LogP contribution in [0, 0.1) is 27.7 Å². The van der Waals surface area contributed by atoms with Crippen LogP contribution in [0.3, 0.4) is 0 Å². The van der Waals surface area contributed by atoms with E-state index in [1.54, 1.807) is 12.1 Å². The van der Waals surface area contributed by atoms with Gasteiger partial charge in [0.1, 0.15) is 6.29 Å². The first kappa shape index (κ1) is 145. The molecule has 0 atom stereocenters. The first-order valence-electron chi connectivity index (χ1n) is 36.8. The summed E-state index contributed by atoms with van der Waals surface area (Å²) in [6.07, 6.45) is 4.83. The maximum absolute atomic E-state index is 11.2. The van der Waals surface area contributed by atoms with Crippen LogP contribution >= 0.6 is 23.5 Å². The molecule has 0 aliphatic carbocycles. The number of aldehydes is 1. The Bertz CT molecular complexity index is 2810. The van der Waals surface area contributed by atoms with Crippen molar-refractivity contribution in [1.29, 1.82) is 0 Å². The van der Waals surface area contributed by atoms with Gasteiger partial charge in [0.2, 0.25) is 5.97 Å². The molecule has 0 spiro atoms. The van der Waals surface area contributed by atoms with Crippen molar-refractivity contribution in [2.45, 2.75) is 142 Å². The second-order valence-electron chi connectivity index (χ2n) is 21.8. The predicted molar refractivity (Wildman–Crippen MR) is 467 cm³/mol. The maximum atomic E-state index is 11.2. The first-order chi connectivity index (χ1) is 51.4. The smallest absolute Gasteiger partial charge is 0.793 e.